The van der Waals surface area contributed by atoms with Gasteiger partial charge in [0.05, 0.1) is 17.8 Å². The van der Waals surface area contributed by atoms with Crippen LogP contribution >= 0.6 is 11.6 Å². The molecule has 1 aliphatic heterocycles. The van der Waals surface area contributed by atoms with Gasteiger partial charge in [-0.1, -0.05) is 23.7 Å². The number of hydrogen-bond donors (Lipinski definition) is 0. The molecule has 0 saturated carbocycles. The van der Waals surface area contributed by atoms with Gasteiger partial charge in [0.2, 0.25) is 5.91 Å². The molecule has 1 aromatic heterocycles. The number of para-hydroxylation sites is 1. The fourth-order valence-electron chi connectivity index (χ4n) is 3.07. The standard InChI is InChI=1S/C18H21ClFN3O2/c1-13(23-11-15(19)9-21-23)18(24)22-8-4-5-14(10-22)12-25-17-7-3-2-6-16(17)20/h2-3,6-7,9,11,13-14H,4-5,8,10,12H2,1H3/t13-,14-/m0/s1. The lowest BCUT2D eigenvalue weighted by Crippen LogP contribution is -2.44. The molecule has 1 aliphatic rings. The van der Waals surface area contributed by atoms with E-state index in [4.69, 9.17) is 16.3 Å². The maximum absolute atomic E-state index is 13.6. The van der Waals surface area contributed by atoms with Crippen LogP contribution in [0.3, 0.4) is 0 Å². The maximum Gasteiger partial charge on any atom is 0.247 e. The third-order valence-electron chi connectivity index (χ3n) is 4.47. The van der Waals surface area contributed by atoms with Gasteiger partial charge in [0.25, 0.3) is 0 Å². The highest BCUT2D eigenvalue weighted by molar-refractivity contribution is 6.30. The topological polar surface area (TPSA) is 47.4 Å². The number of benzene rings is 1. The van der Waals surface area contributed by atoms with Crippen LogP contribution in [-0.2, 0) is 4.79 Å². The van der Waals surface area contributed by atoms with E-state index in [1.165, 1.54) is 12.3 Å². The Hall–Kier alpha value is -2.08. The van der Waals surface area contributed by atoms with Gasteiger partial charge < -0.3 is 9.64 Å². The molecule has 0 radical (unpaired) electrons. The molecule has 1 aromatic carbocycles. The number of amides is 1. The van der Waals surface area contributed by atoms with E-state index in [1.54, 1.807) is 29.1 Å². The van der Waals surface area contributed by atoms with Crippen molar-refractivity contribution in [1.82, 2.24) is 14.7 Å². The van der Waals surface area contributed by atoms with Crippen molar-refractivity contribution in [1.29, 1.82) is 0 Å². The van der Waals surface area contributed by atoms with Gasteiger partial charge in [-0.2, -0.15) is 5.10 Å². The predicted octanol–water partition coefficient (Wildman–Crippen LogP) is 3.55. The van der Waals surface area contributed by atoms with E-state index in [-0.39, 0.29) is 23.4 Å². The van der Waals surface area contributed by atoms with Crippen molar-refractivity contribution in [3.63, 3.8) is 0 Å². The highest BCUT2D eigenvalue weighted by Crippen LogP contribution is 2.23. The van der Waals surface area contributed by atoms with Gasteiger partial charge in [0.1, 0.15) is 6.04 Å². The summed E-state index contributed by atoms with van der Waals surface area (Å²) in [5, 5.41) is 4.62. The fraction of sp³-hybridized carbons (Fsp3) is 0.444. The second-order valence-corrected chi connectivity index (χ2v) is 6.78. The van der Waals surface area contributed by atoms with Gasteiger partial charge >= 0.3 is 0 Å². The number of rotatable bonds is 5. The Labute approximate surface area is 151 Å². The van der Waals surface area contributed by atoms with Crippen LogP contribution in [0.25, 0.3) is 0 Å². The zero-order valence-corrected chi connectivity index (χ0v) is 14.8. The van der Waals surface area contributed by atoms with Crippen molar-refractivity contribution in [3.8, 4) is 5.75 Å². The molecule has 2 heterocycles. The summed E-state index contributed by atoms with van der Waals surface area (Å²) >= 11 is 5.87. The van der Waals surface area contributed by atoms with Gasteiger partial charge in [0.15, 0.2) is 11.6 Å². The van der Waals surface area contributed by atoms with Crippen molar-refractivity contribution in [2.75, 3.05) is 19.7 Å². The molecule has 0 aliphatic carbocycles. The molecule has 1 amide bonds. The molecule has 0 N–H and O–H groups in total. The summed E-state index contributed by atoms with van der Waals surface area (Å²) in [6.45, 7) is 3.53. The summed E-state index contributed by atoms with van der Waals surface area (Å²) in [5.41, 5.74) is 0. The average molecular weight is 366 g/mol. The molecule has 1 saturated heterocycles. The first-order chi connectivity index (χ1) is 12.0. The Morgan fingerprint density at radius 3 is 3.00 bits per heavy atom. The van der Waals surface area contributed by atoms with Crippen LogP contribution < -0.4 is 4.74 Å². The Morgan fingerprint density at radius 1 is 1.48 bits per heavy atom. The third-order valence-corrected chi connectivity index (χ3v) is 4.66. The molecule has 0 unspecified atom stereocenters. The van der Waals surface area contributed by atoms with Crippen molar-refractivity contribution in [2.24, 2.45) is 5.92 Å². The first kappa shape index (κ1) is 17.7. The molecular weight excluding hydrogens is 345 g/mol. The number of aromatic nitrogens is 2. The zero-order valence-electron chi connectivity index (χ0n) is 14.1. The summed E-state index contributed by atoms with van der Waals surface area (Å²) < 4.78 is 20.8. The van der Waals surface area contributed by atoms with Crippen molar-refractivity contribution in [2.45, 2.75) is 25.8 Å². The smallest absolute Gasteiger partial charge is 0.247 e. The highest BCUT2D eigenvalue weighted by atomic mass is 35.5. The van der Waals surface area contributed by atoms with E-state index in [1.807, 2.05) is 11.8 Å². The van der Waals surface area contributed by atoms with Crippen LogP contribution in [0.15, 0.2) is 36.7 Å². The van der Waals surface area contributed by atoms with Gasteiger partial charge in [0, 0.05) is 25.2 Å². The van der Waals surface area contributed by atoms with Crippen LogP contribution in [0.4, 0.5) is 4.39 Å². The van der Waals surface area contributed by atoms with E-state index >= 15 is 0 Å². The van der Waals surface area contributed by atoms with Gasteiger partial charge in [-0.3, -0.25) is 9.48 Å². The molecular formula is C18H21ClFN3O2. The van der Waals surface area contributed by atoms with E-state index in [0.29, 0.717) is 24.7 Å². The molecule has 0 spiro atoms. The number of ether oxygens (including phenoxy) is 1. The third kappa shape index (κ3) is 4.31. The minimum absolute atomic E-state index is 0.00959. The minimum atomic E-state index is -0.404. The van der Waals surface area contributed by atoms with Crippen molar-refractivity contribution in [3.05, 3.63) is 47.5 Å². The summed E-state index contributed by atoms with van der Waals surface area (Å²) in [6.07, 6.45) is 5.03. The Morgan fingerprint density at radius 2 is 2.28 bits per heavy atom. The summed E-state index contributed by atoms with van der Waals surface area (Å²) in [4.78, 5) is 14.5. The lowest BCUT2D eigenvalue weighted by Gasteiger charge is -2.34. The molecule has 0 bridgehead atoms. The van der Waals surface area contributed by atoms with Crippen LogP contribution in [0.1, 0.15) is 25.8 Å². The van der Waals surface area contributed by atoms with E-state index in [9.17, 15) is 9.18 Å². The first-order valence-electron chi connectivity index (χ1n) is 8.40. The zero-order chi connectivity index (χ0) is 17.8. The molecule has 5 nitrogen and oxygen atoms in total. The summed E-state index contributed by atoms with van der Waals surface area (Å²) in [5.74, 6) is 0.0852. The molecule has 7 heteroatoms. The molecule has 134 valence electrons. The largest absolute Gasteiger partial charge is 0.490 e. The molecule has 1 fully saturated rings. The quantitative estimate of drug-likeness (QED) is 0.814. The lowest BCUT2D eigenvalue weighted by atomic mass is 9.98. The molecule has 2 atom stereocenters. The van der Waals surface area contributed by atoms with Crippen LogP contribution in [0.5, 0.6) is 5.75 Å². The van der Waals surface area contributed by atoms with Crippen molar-refractivity contribution < 1.29 is 13.9 Å². The second-order valence-electron chi connectivity index (χ2n) is 6.35. The Balaban J connectivity index is 1.57. The number of nitrogens with zero attached hydrogens (tertiary/aromatic N) is 3. The van der Waals surface area contributed by atoms with Gasteiger partial charge in [-0.15, -0.1) is 0 Å². The van der Waals surface area contributed by atoms with E-state index < -0.39 is 6.04 Å². The van der Waals surface area contributed by atoms with Gasteiger partial charge in [-0.25, -0.2) is 4.39 Å². The van der Waals surface area contributed by atoms with Crippen LogP contribution in [-0.4, -0.2) is 40.3 Å². The number of piperidine rings is 1. The molecule has 25 heavy (non-hydrogen) atoms. The Kier molecular flexibility index (Phi) is 5.58. The number of carbonyl (C=O) groups excluding carboxylic acids is 1. The number of carbonyl (C=O) groups is 1. The average Bonchev–Trinajstić information content (AvgIpc) is 3.06. The van der Waals surface area contributed by atoms with Crippen molar-refractivity contribution >= 4 is 17.5 Å². The molecule has 3 rings (SSSR count). The normalized spacial score (nSPS) is 18.8. The van der Waals surface area contributed by atoms with E-state index in [0.717, 1.165) is 12.8 Å². The van der Waals surface area contributed by atoms with Gasteiger partial charge in [-0.05, 0) is 31.9 Å². The maximum atomic E-state index is 13.6. The first-order valence-corrected chi connectivity index (χ1v) is 8.78. The van der Waals surface area contributed by atoms with Crippen LogP contribution in [0.2, 0.25) is 5.02 Å². The Bertz CT molecular complexity index is 737. The number of halogens is 2. The second kappa shape index (κ2) is 7.87. The monoisotopic (exact) mass is 365 g/mol. The number of likely N-dealkylation sites (tertiary alicyclic amines) is 1. The molecule has 2 aromatic rings. The minimum Gasteiger partial charge on any atom is -0.490 e. The van der Waals surface area contributed by atoms with Crippen LogP contribution in [0, 0.1) is 11.7 Å². The summed E-state index contributed by atoms with van der Waals surface area (Å²) in [7, 11) is 0. The lowest BCUT2D eigenvalue weighted by molar-refractivity contribution is -0.136. The SMILES string of the molecule is C[C@@H](C(=O)N1CCC[C@H](COc2ccccc2F)C1)n1cc(Cl)cn1. The number of hydrogen-bond acceptors (Lipinski definition) is 3. The fourth-order valence-corrected chi connectivity index (χ4v) is 3.22. The predicted molar refractivity (Wildman–Crippen MR) is 93.1 cm³/mol. The highest BCUT2D eigenvalue weighted by Gasteiger charge is 2.28. The summed E-state index contributed by atoms with van der Waals surface area (Å²) in [6, 6.07) is 5.96. The van der Waals surface area contributed by atoms with E-state index in [2.05, 4.69) is 5.10 Å².